The van der Waals surface area contributed by atoms with E-state index in [4.69, 9.17) is 11.5 Å². The van der Waals surface area contributed by atoms with E-state index in [1.807, 2.05) is 0 Å². The molecule has 0 amide bonds. The summed E-state index contributed by atoms with van der Waals surface area (Å²) in [4.78, 5) is 0. The zero-order valence-corrected chi connectivity index (χ0v) is 4.65. The molecule has 0 aliphatic rings. The van der Waals surface area contributed by atoms with Gasteiger partial charge in [0.25, 0.3) is 0 Å². The fourth-order valence-corrected chi connectivity index (χ4v) is 0.269. The van der Waals surface area contributed by atoms with Crippen LogP contribution in [-0.4, -0.2) is 5.66 Å². The van der Waals surface area contributed by atoms with Crippen molar-refractivity contribution in [2.75, 3.05) is 0 Å². The Morgan fingerprint density at radius 2 is 1.86 bits per heavy atom. The lowest BCUT2D eigenvalue weighted by Gasteiger charge is -2.06. The zero-order valence-electron chi connectivity index (χ0n) is 4.65. The Bertz CT molecular complexity index is 99.5. The minimum absolute atomic E-state index is 0.811. The molecular formula is C5H10N2. The Morgan fingerprint density at radius 1 is 1.43 bits per heavy atom. The van der Waals surface area contributed by atoms with E-state index in [1.54, 1.807) is 13.8 Å². The Kier molecular flexibility index (Phi) is 1.82. The SMILES string of the molecule is CC#CC(C)(N)N. The molecule has 0 aliphatic carbocycles. The quantitative estimate of drug-likeness (QED) is 0.321. The lowest BCUT2D eigenvalue weighted by molar-refractivity contribution is 0.642. The van der Waals surface area contributed by atoms with Gasteiger partial charge in [-0.25, -0.2) is 0 Å². The third kappa shape index (κ3) is 5.48. The van der Waals surface area contributed by atoms with Crippen LogP contribution in [0.1, 0.15) is 13.8 Å². The summed E-state index contributed by atoms with van der Waals surface area (Å²) in [6.07, 6.45) is 0. The molecule has 7 heavy (non-hydrogen) atoms. The Labute approximate surface area is 43.9 Å². The second-order valence-corrected chi connectivity index (χ2v) is 1.66. The summed E-state index contributed by atoms with van der Waals surface area (Å²) in [6, 6.07) is 0. The Morgan fingerprint density at radius 3 is 1.86 bits per heavy atom. The predicted molar refractivity (Wildman–Crippen MR) is 30.2 cm³/mol. The van der Waals surface area contributed by atoms with E-state index in [2.05, 4.69) is 11.8 Å². The van der Waals surface area contributed by atoms with Crippen LogP contribution in [0.25, 0.3) is 0 Å². The van der Waals surface area contributed by atoms with Crippen molar-refractivity contribution < 1.29 is 0 Å². The summed E-state index contributed by atoms with van der Waals surface area (Å²) in [6.45, 7) is 3.36. The zero-order chi connectivity index (χ0) is 5.91. The lowest BCUT2D eigenvalue weighted by atomic mass is 10.2. The molecule has 40 valence electrons. The van der Waals surface area contributed by atoms with Gasteiger partial charge < -0.3 is 11.5 Å². The molecule has 0 unspecified atom stereocenters. The van der Waals surface area contributed by atoms with E-state index in [1.165, 1.54) is 0 Å². The maximum Gasteiger partial charge on any atom is 0.124 e. The lowest BCUT2D eigenvalue weighted by Crippen LogP contribution is -2.44. The highest BCUT2D eigenvalue weighted by atomic mass is 14.9. The van der Waals surface area contributed by atoms with Gasteiger partial charge in [0.2, 0.25) is 0 Å². The van der Waals surface area contributed by atoms with Crippen molar-refractivity contribution in [2.24, 2.45) is 11.5 Å². The van der Waals surface area contributed by atoms with Gasteiger partial charge in [-0.2, -0.15) is 0 Å². The molecule has 0 radical (unpaired) electrons. The van der Waals surface area contributed by atoms with Gasteiger partial charge in [-0.05, 0) is 13.8 Å². The van der Waals surface area contributed by atoms with Crippen molar-refractivity contribution in [3.63, 3.8) is 0 Å². The van der Waals surface area contributed by atoms with Crippen LogP contribution in [0, 0.1) is 11.8 Å². The number of hydrogen-bond donors (Lipinski definition) is 2. The normalized spacial score (nSPS) is 9.71. The van der Waals surface area contributed by atoms with E-state index in [9.17, 15) is 0 Å². The molecule has 0 rings (SSSR count). The maximum absolute atomic E-state index is 5.25. The summed E-state index contributed by atoms with van der Waals surface area (Å²) in [5.74, 6) is 5.20. The minimum atomic E-state index is -0.811. The first-order chi connectivity index (χ1) is 3.06. The molecule has 2 heteroatoms. The average molecular weight is 98.1 g/mol. The van der Waals surface area contributed by atoms with Crippen molar-refractivity contribution in [1.82, 2.24) is 0 Å². The van der Waals surface area contributed by atoms with Crippen LogP contribution in [0.4, 0.5) is 0 Å². The van der Waals surface area contributed by atoms with Crippen LogP contribution in [0.2, 0.25) is 0 Å². The predicted octanol–water partition coefficient (Wildman–Crippen LogP) is -0.357. The molecule has 0 aromatic heterocycles. The van der Waals surface area contributed by atoms with E-state index >= 15 is 0 Å². The molecule has 0 heterocycles. The standard InChI is InChI=1S/C5H10N2/c1-3-4-5(2,6)7/h6-7H2,1-2H3. The fraction of sp³-hybridized carbons (Fsp3) is 0.600. The van der Waals surface area contributed by atoms with E-state index < -0.39 is 5.66 Å². The van der Waals surface area contributed by atoms with E-state index in [0.29, 0.717) is 0 Å². The highest BCUT2D eigenvalue weighted by molar-refractivity contribution is 5.09. The van der Waals surface area contributed by atoms with Crippen molar-refractivity contribution in [2.45, 2.75) is 19.5 Å². The molecule has 0 saturated heterocycles. The Hall–Kier alpha value is -0.520. The summed E-state index contributed by atoms with van der Waals surface area (Å²) >= 11 is 0. The third-order valence-electron chi connectivity index (χ3n) is 0.394. The van der Waals surface area contributed by atoms with Crippen LogP contribution in [0.15, 0.2) is 0 Å². The molecule has 0 fully saturated rings. The van der Waals surface area contributed by atoms with Gasteiger partial charge in [0.05, 0.1) is 0 Å². The molecule has 0 aromatic rings. The van der Waals surface area contributed by atoms with Gasteiger partial charge in [0.15, 0.2) is 0 Å². The molecule has 4 N–H and O–H groups in total. The fourth-order valence-electron chi connectivity index (χ4n) is 0.269. The first kappa shape index (κ1) is 6.48. The molecule has 0 atom stereocenters. The first-order valence-corrected chi connectivity index (χ1v) is 2.08. The molecule has 0 aliphatic heterocycles. The van der Waals surface area contributed by atoms with Crippen LogP contribution < -0.4 is 11.5 Å². The van der Waals surface area contributed by atoms with Crippen LogP contribution in [0.5, 0.6) is 0 Å². The van der Waals surface area contributed by atoms with Gasteiger partial charge in [-0.1, -0.05) is 5.92 Å². The van der Waals surface area contributed by atoms with Crippen LogP contribution in [0.3, 0.4) is 0 Å². The van der Waals surface area contributed by atoms with Gasteiger partial charge in [0, 0.05) is 0 Å². The monoisotopic (exact) mass is 98.1 g/mol. The second kappa shape index (κ2) is 1.97. The van der Waals surface area contributed by atoms with E-state index in [0.717, 1.165) is 0 Å². The topological polar surface area (TPSA) is 52.0 Å². The van der Waals surface area contributed by atoms with Crippen molar-refractivity contribution in [3.05, 3.63) is 0 Å². The van der Waals surface area contributed by atoms with Gasteiger partial charge in [-0.15, -0.1) is 5.92 Å². The van der Waals surface area contributed by atoms with Gasteiger partial charge in [-0.3, -0.25) is 0 Å². The van der Waals surface area contributed by atoms with Crippen LogP contribution in [-0.2, 0) is 0 Å². The van der Waals surface area contributed by atoms with Crippen molar-refractivity contribution in [3.8, 4) is 11.8 Å². The average Bonchev–Trinajstić information content (AvgIpc) is 1.30. The van der Waals surface area contributed by atoms with E-state index in [-0.39, 0.29) is 0 Å². The van der Waals surface area contributed by atoms with Gasteiger partial charge in [0.1, 0.15) is 5.66 Å². The van der Waals surface area contributed by atoms with Gasteiger partial charge >= 0.3 is 0 Å². The molecule has 0 spiro atoms. The van der Waals surface area contributed by atoms with Crippen LogP contribution >= 0.6 is 0 Å². The number of hydrogen-bond acceptors (Lipinski definition) is 2. The second-order valence-electron chi connectivity index (χ2n) is 1.66. The number of rotatable bonds is 0. The molecular weight excluding hydrogens is 88.1 g/mol. The summed E-state index contributed by atoms with van der Waals surface area (Å²) < 4.78 is 0. The molecule has 0 bridgehead atoms. The first-order valence-electron chi connectivity index (χ1n) is 2.08. The van der Waals surface area contributed by atoms with Crippen molar-refractivity contribution >= 4 is 0 Å². The Balaban J connectivity index is 3.72. The highest BCUT2D eigenvalue weighted by Crippen LogP contribution is 1.79. The summed E-state index contributed by atoms with van der Waals surface area (Å²) in [7, 11) is 0. The van der Waals surface area contributed by atoms with Crippen molar-refractivity contribution in [1.29, 1.82) is 0 Å². The number of nitrogens with two attached hydrogens (primary N) is 2. The third-order valence-corrected chi connectivity index (χ3v) is 0.394. The smallest absolute Gasteiger partial charge is 0.124 e. The summed E-state index contributed by atoms with van der Waals surface area (Å²) in [5, 5.41) is 0. The minimum Gasteiger partial charge on any atom is -0.303 e. The molecule has 0 aromatic carbocycles. The maximum atomic E-state index is 5.25. The summed E-state index contributed by atoms with van der Waals surface area (Å²) in [5.41, 5.74) is 9.69. The largest absolute Gasteiger partial charge is 0.303 e. The molecule has 0 saturated carbocycles. The molecule has 2 nitrogen and oxygen atoms in total. The highest BCUT2D eigenvalue weighted by Gasteiger charge is 2.02.